The molecule has 0 bridgehead atoms. The number of likely N-dealkylation sites (tertiary alicyclic amines) is 1. The number of amides is 1. The van der Waals surface area contributed by atoms with Crippen molar-refractivity contribution in [3.63, 3.8) is 0 Å². The second-order valence-electron chi connectivity index (χ2n) is 6.20. The second kappa shape index (κ2) is 5.96. The zero-order valence-electron chi connectivity index (χ0n) is 12.2. The first kappa shape index (κ1) is 13.6. The highest BCUT2D eigenvalue weighted by Crippen LogP contribution is 2.28. The van der Waals surface area contributed by atoms with E-state index in [-0.39, 0.29) is 5.91 Å². The van der Waals surface area contributed by atoms with Crippen LogP contribution >= 0.6 is 0 Å². The molecule has 2 atom stereocenters. The number of carbonyl (C=O) groups is 1. The molecule has 3 nitrogen and oxygen atoms in total. The average Bonchev–Trinajstić information content (AvgIpc) is 2.85. The molecule has 3 rings (SSSR count). The average molecular weight is 272 g/mol. The van der Waals surface area contributed by atoms with Crippen LogP contribution in [0.3, 0.4) is 0 Å². The maximum Gasteiger partial charge on any atom is 0.223 e. The van der Waals surface area contributed by atoms with Crippen LogP contribution in [0.5, 0.6) is 0 Å². The minimum Gasteiger partial charge on any atom is -0.352 e. The molecule has 1 aromatic rings. The Labute approximate surface area is 121 Å². The summed E-state index contributed by atoms with van der Waals surface area (Å²) in [6, 6.07) is 11.4. The highest BCUT2D eigenvalue weighted by Gasteiger charge is 2.31. The van der Waals surface area contributed by atoms with Crippen molar-refractivity contribution in [2.24, 2.45) is 5.92 Å². The summed E-state index contributed by atoms with van der Waals surface area (Å²) in [6.07, 6.45) is 4.47. The van der Waals surface area contributed by atoms with Crippen molar-refractivity contribution in [2.75, 3.05) is 13.1 Å². The van der Waals surface area contributed by atoms with Crippen molar-refractivity contribution in [2.45, 2.75) is 44.7 Å². The Morgan fingerprint density at radius 1 is 1.25 bits per heavy atom. The van der Waals surface area contributed by atoms with Crippen LogP contribution in [0.2, 0.25) is 0 Å². The van der Waals surface area contributed by atoms with Crippen molar-refractivity contribution < 1.29 is 4.79 Å². The number of carbonyl (C=O) groups excluding carboxylic acids is 1. The summed E-state index contributed by atoms with van der Waals surface area (Å²) in [5.41, 5.74) is 1.36. The summed E-state index contributed by atoms with van der Waals surface area (Å²) in [5, 5.41) is 3.24. The molecule has 1 heterocycles. The van der Waals surface area contributed by atoms with E-state index in [0.29, 0.717) is 18.0 Å². The largest absolute Gasteiger partial charge is 0.352 e. The minimum absolute atomic E-state index is 0.287. The molecule has 3 heteroatoms. The summed E-state index contributed by atoms with van der Waals surface area (Å²) in [4.78, 5) is 14.5. The Kier molecular flexibility index (Phi) is 4.06. The first-order chi connectivity index (χ1) is 9.74. The van der Waals surface area contributed by atoms with Crippen LogP contribution in [0, 0.1) is 5.92 Å². The van der Waals surface area contributed by atoms with Crippen LogP contribution in [0.25, 0.3) is 0 Å². The summed E-state index contributed by atoms with van der Waals surface area (Å²) in [6.45, 7) is 4.31. The fourth-order valence-electron chi connectivity index (χ4n) is 3.19. The van der Waals surface area contributed by atoms with Gasteiger partial charge in [0.05, 0.1) is 0 Å². The van der Waals surface area contributed by atoms with E-state index in [1.807, 2.05) is 0 Å². The summed E-state index contributed by atoms with van der Waals surface area (Å²) in [5.74, 6) is 0.589. The highest BCUT2D eigenvalue weighted by molar-refractivity contribution is 5.79. The smallest absolute Gasteiger partial charge is 0.223 e. The monoisotopic (exact) mass is 272 g/mol. The van der Waals surface area contributed by atoms with Crippen LogP contribution < -0.4 is 5.32 Å². The quantitative estimate of drug-likeness (QED) is 0.914. The molecule has 1 saturated carbocycles. The van der Waals surface area contributed by atoms with Gasteiger partial charge in [0.15, 0.2) is 0 Å². The van der Waals surface area contributed by atoms with Gasteiger partial charge in [0.25, 0.3) is 0 Å². The van der Waals surface area contributed by atoms with E-state index in [1.54, 1.807) is 0 Å². The molecule has 2 fully saturated rings. The molecule has 20 heavy (non-hydrogen) atoms. The zero-order chi connectivity index (χ0) is 13.9. The number of benzene rings is 1. The van der Waals surface area contributed by atoms with Crippen molar-refractivity contribution >= 4 is 5.91 Å². The molecular weight excluding hydrogens is 248 g/mol. The van der Waals surface area contributed by atoms with Gasteiger partial charge >= 0.3 is 0 Å². The Hall–Kier alpha value is -1.35. The van der Waals surface area contributed by atoms with Crippen molar-refractivity contribution in [3.05, 3.63) is 35.9 Å². The number of hydrogen-bond acceptors (Lipinski definition) is 2. The molecule has 1 amide bonds. The molecule has 0 spiro atoms. The third-order valence-corrected chi connectivity index (χ3v) is 4.87. The molecule has 1 N–H and O–H groups in total. The maximum atomic E-state index is 12.0. The Balaban J connectivity index is 1.52. The van der Waals surface area contributed by atoms with E-state index in [0.717, 1.165) is 32.4 Å². The third kappa shape index (κ3) is 2.88. The van der Waals surface area contributed by atoms with Crippen LogP contribution in [0.15, 0.2) is 30.3 Å². The number of rotatable bonds is 4. The second-order valence-corrected chi connectivity index (χ2v) is 6.20. The Bertz CT molecular complexity index is 455. The fourth-order valence-corrected chi connectivity index (χ4v) is 3.19. The predicted octanol–water partition coefficient (Wildman–Crippen LogP) is 2.74. The predicted molar refractivity (Wildman–Crippen MR) is 80.3 cm³/mol. The summed E-state index contributed by atoms with van der Waals surface area (Å²) >= 11 is 0. The van der Waals surface area contributed by atoms with Crippen LogP contribution in [-0.4, -0.2) is 29.9 Å². The molecule has 108 valence electrons. The number of nitrogens with one attached hydrogen (secondary N) is 1. The molecule has 1 aromatic carbocycles. The van der Waals surface area contributed by atoms with E-state index in [1.165, 1.54) is 12.0 Å². The molecule has 1 saturated heterocycles. The zero-order valence-corrected chi connectivity index (χ0v) is 12.2. The van der Waals surface area contributed by atoms with Gasteiger partial charge in [-0.15, -0.1) is 0 Å². The lowest BCUT2D eigenvalue weighted by molar-refractivity contribution is -0.128. The molecule has 0 aromatic heterocycles. The van der Waals surface area contributed by atoms with Gasteiger partial charge < -0.3 is 5.32 Å². The summed E-state index contributed by atoms with van der Waals surface area (Å²) in [7, 11) is 0. The lowest BCUT2D eigenvalue weighted by Crippen LogP contribution is -2.42. The normalized spacial score (nSPS) is 25.1. The van der Waals surface area contributed by atoms with Gasteiger partial charge in [0.2, 0.25) is 5.91 Å². The Morgan fingerprint density at radius 2 is 2.00 bits per heavy atom. The molecule has 2 aliphatic rings. The first-order valence-electron chi connectivity index (χ1n) is 7.83. The van der Waals surface area contributed by atoms with Gasteiger partial charge in [-0.2, -0.15) is 0 Å². The lowest BCUT2D eigenvalue weighted by atomic mass is 9.84. The Morgan fingerprint density at radius 3 is 2.65 bits per heavy atom. The number of hydrogen-bond donors (Lipinski definition) is 1. The molecule has 0 radical (unpaired) electrons. The molecular formula is C17H24N2O. The maximum absolute atomic E-state index is 12.0. The van der Waals surface area contributed by atoms with Gasteiger partial charge in [0, 0.05) is 31.1 Å². The molecule has 1 aliphatic heterocycles. The topological polar surface area (TPSA) is 32.3 Å². The fraction of sp³-hybridized carbons (Fsp3) is 0.588. The van der Waals surface area contributed by atoms with E-state index in [2.05, 4.69) is 47.5 Å². The van der Waals surface area contributed by atoms with Crippen LogP contribution in [0.1, 0.15) is 44.2 Å². The SMILES string of the molecule is C[C@H](c1ccccc1)N1CC[C@@H](NC(=O)C2CCC2)C1. The van der Waals surface area contributed by atoms with Gasteiger partial charge in [-0.3, -0.25) is 9.69 Å². The highest BCUT2D eigenvalue weighted by atomic mass is 16.2. The van der Waals surface area contributed by atoms with Crippen LogP contribution in [0.4, 0.5) is 0 Å². The third-order valence-electron chi connectivity index (χ3n) is 4.87. The lowest BCUT2D eigenvalue weighted by Gasteiger charge is -2.27. The standard InChI is InChI=1S/C17H24N2O/c1-13(14-6-3-2-4-7-14)19-11-10-16(12-19)18-17(20)15-8-5-9-15/h2-4,6-7,13,15-16H,5,8-12H2,1H3,(H,18,20)/t13-,16-/m1/s1. The van der Waals surface area contributed by atoms with E-state index in [9.17, 15) is 4.79 Å². The van der Waals surface area contributed by atoms with E-state index < -0.39 is 0 Å². The first-order valence-corrected chi connectivity index (χ1v) is 7.83. The molecule has 0 unspecified atom stereocenters. The van der Waals surface area contributed by atoms with Gasteiger partial charge in [-0.25, -0.2) is 0 Å². The number of nitrogens with zero attached hydrogens (tertiary/aromatic N) is 1. The minimum atomic E-state index is 0.287. The van der Waals surface area contributed by atoms with Crippen LogP contribution in [-0.2, 0) is 4.79 Å². The van der Waals surface area contributed by atoms with Gasteiger partial charge in [-0.05, 0) is 31.7 Å². The van der Waals surface area contributed by atoms with Crippen molar-refractivity contribution in [1.29, 1.82) is 0 Å². The van der Waals surface area contributed by atoms with E-state index >= 15 is 0 Å². The van der Waals surface area contributed by atoms with Gasteiger partial charge in [0.1, 0.15) is 0 Å². The summed E-state index contributed by atoms with van der Waals surface area (Å²) < 4.78 is 0. The molecule has 1 aliphatic carbocycles. The van der Waals surface area contributed by atoms with Crippen molar-refractivity contribution in [3.8, 4) is 0 Å². The van der Waals surface area contributed by atoms with E-state index in [4.69, 9.17) is 0 Å². The van der Waals surface area contributed by atoms with Gasteiger partial charge in [-0.1, -0.05) is 36.8 Å². The van der Waals surface area contributed by atoms with Crippen molar-refractivity contribution in [1.82, 2.24) is 10.2 Å².